The van der Waals surface area contributed by atoms with Gasteiger partial charge < -0.3 is 19.5 Å². The minimum Gasteiger partial charge on any atom is -0.507 e. The number of Topliss-reactive ketones (excluding diaryl/α,β-unsaturated/α-hetero) is 1. The maximum atomic E-state index is 13.3. The summed E-state index contributed by atoms with van der Waals surface area (Å²) in [6, 6.07) is 11.4. The summed E-state index contributed by atoms with van der Waals surface area (Å²) in [6.07, 6.45) is 0. The van der Waals surface area contributed by atoms with Crippen LogP contribution in [0.5, 0.6) is 11.5 Å². The summed E-state index contributed by atoms with van der Waals surface area (Å²) < 4.78 is 10.6. The van der Waals surface area contributed by atoms with Crippen LogP contribution in [0.4, 0.5) is 11.4 Å². The molecule has 0 aliphatic carbocycles. The number of carbonyl (C=O) groups excluding carboxylic acids is 2. The third-order valence-corrected chi connectivity index (χ3v) is 7.24. The largest absolute Gasteiger partial charge is 0.507 e. The molecule has 1 aliphatic rings. The van der Waals surface area contributed by atoms with Crippen molar-refractivity contribution in [3.8, 4) is 11.5 Å². The highest BCUT2D eigenvalue weighted by Gasteiger charge is 2.47. The maximum absolute atomic E-state index is 13.3. The van der Waals surface area contributed by atoms with Crippen molar-refractivity contribution >= 4 is 63.4 Å². The van der Waals surface area contributed by atoms with E-state index in [9.17, 15) is 14.7 Å². The number of ketones is 1. The molecule has 0 radical (unpaired) electrons. The van der Waals surface area contributed by atoms with Crippen LogP contribution in [-0.4, -0.2) is 45.1 Å². The highest BCUT2D eigenvalue weighted by Crippen LogP contribution is 2.48. The van der Waals surface area contributed by atoms with E-state index in [1.807, 2.05) is 42.6 Å². The number of amides is 1. The van der Waals surface area contributed by atoms with Gasteiger partial charge in [-0.1, -0.05) is 29.3 Å². The number of hydrogen-bond donors (Lipinski definition) is 1. The highest BCUT2D eigenvalue weighted by molar-refractivity contribution is 7.10. The molecular formula is C25H22Cl2N2O5S. The van der Waals surface area contributed by atoms with E-state index in [4.69, 9.17) is 32.7 Å². The molecule has 3 aromatic rings. The number of benzene rings is 2. The number of ether oxygens (including phenoxy) is 2. The van der Waals surface area contributed by atoms with E-state index in [2.05, 4.69) is 0 Å². The Labute approximate surface area is 216 Å². The summed E-state index contributed by atoms with van der Waals surface area (Å²) in [5.41, 5.74) is 1.44. The molecule has 1 amide bonds. The lowest BCUT2D eigenvalue weighted by Crippen LogP contribution is -2.29. The molecule has 182 valence electrons. The molecule has 1 N–H and O–H groups in total. The predicted molar refractivity (Wildman–Crippen MR) is 139 cm³/mol. The van der Waals surface area contributed by atoms with Crippen LogP contribution in [0.1, 0.15) is 16.5 Å². The molecular weight excluding hydrogens is 511 g/mol. The Morgan fingerprint density at radius 3 is 2.26 bits per heavy atom. The summed E-state index contributed by atoms with van der Waals surface area (Å²) in [5.74, 6) is -1.80. The smallest absolute Gasteiger partial charge is 0.300 e. The summed E-state index contributed by atoms with van der Waals surface area (Å²) in [4.78, 5) is 30.6. The zero-order valence-corrected chi connectivity index (χ0v) is 21.7. The number of aliphatic hydroxyl groups is 1. The second-order valence-corrected chi connectivity index (χ2v) is 9.65. The SMILES string of the molecule is COc1c(Cl)cc(/C(O)=C2/C(=O)C(=O)N(c3ccc(N(C)C)cc3)C2c2cccs2)c(OC)c1Cl. The fourth-order valence-electron chi connectivity index (χ4n) is 4.02. The molecule has 35 heavy (non-hydrogen) atoms. The van der Waals surface area contributed by atoms with Crippen molar-refractivity contribution < 1.29 is 24.2 Å². The molecule has 1 unspecified atom stereocenters. The van der Waals surface area contributed by atoms with Crippen molar-refractivity contribution in [2.75, 3.05) is 38.1 Å². The van der Waals surface area contributed by atoms with Crippen LogP contribution >= 0.6 is 34.5 Å². The Kier molecular flexibility index (Phi) is 6.98. The Hall–Kier alpha value is -3.20. The standard InChI is InChI=1S/C25H22Cl2N2O5S/c1-28(2)13-7-9-14(10-8-13)29-20(17-6-5-11-35-17)18(22(31)25(29)32)21(30)15-12-16(26)24(34-4)19(27)23(15)33-3/h5-12,20,30H,1-4H3/b21-18-. The van der Waals surface area contributed by atoms with Crippen LogP contribution in [0.25, 0.3) is 5.76 Å². The summed E-state index contributed by atoms with van der Waals surface area (Å²) in [5, 5.41) is 13.4. The summed E-state index contributed by atoms with van der Waals surface area (Å²) in [6.45, 7) is 0. The first-order valence-corrected chi connectivity index (χ1v) is 12.1. The third kappa shape index (κ3) is 4.22. The molecule has 0 spiro atoms. The number of anilines is 2. The molecule has 10 heteroatoms. The normalized spacial score (nSPS) is 17.1. The second-order valence-electron chi connectivity index (χ2n) is 7.88. The zero-order chi connectivity index (χ0) is 25.4. The van der Waals surface area contributed by atoms with Gasteiger partial charge in [-0.2, -0.15) is 0 Å². The van der Waals surface area contributed by atoms with Gasteiger partial charge in [-0.3, -0.25) is 14.5 Å². The lowest BCUT2D eigenvalue weighted by molar-refractivity contribution is -0.132. The quantitative estimate of drug-likeness (QED) is 0.247. The number of halogens is 2. The lowest BCUT2D eigenvalue weighted by Gasteiger charge is -2.25. The summed E-state index contributed by atoms with van der Waals surface area (Å²) >= 11 is 14.1. The molecule has 1 saturated heterocycles. The number of methoxy groups -OCH3 is 2. The lowest BCUT2D eigenvalue weighted by atomic mass is 9.99. The monoisotopic (exact) mass is 532 g/mol. The first-order chi connectivity index (χ1) is 16.7. The fraction of sp³-hybridized carbons (Fsp3) is 0.200. The number of carbonyl (C=O) groups is 2. The molecule has 4 rings (SSSR count). The van der Waals surface area contributed by atoms with Crippen LogP contribution in [-0.2, 0) is 9.59 Å². The average Bonchev–Trinajstić information content (AvgIpc) is 3.45. The van der Waals surface area contributed by atoms with Crippen LogP contribution in [0.3, 0.4) is 0 Å². The van der Waals surface area contributed by atoms with Gasteiger partial charge in [-0.05, 0) is 41.8 Å². The van der Waals surface area contributed by atoms with Gasteiger partial charge in [0.2, 0.25) is 0 Å². The van der Waals surface area contributed by atoms with Crippen molar-refractivity contribution in [3.05, 3.63) is 73.9 Å². The molecule has 0 saturated carbocycles. The van der Waals surface area contributed by atoms with E-state index in [0.29, 0.717) is 10.6 Å². The van der Waals surface area contributed by atoms with E-state index in [-0.39, 0.29) is 32.7 Å². The minimum absolute atomic E-state index is 0.0326. The van der Waals surface area contributed by atoms with Gasteiger partial charge in [0, 0.05) is 30.3 Å². The maximum Gasteiger partial charge on any atom is 0.300 e. The topological polar surface area (TPSA) is 79.3 Å². The van der Waals surface area contributed by atoms with Crippen LogP contribution in [0.2, 0.25) is 10.0 Å². The van der Waals surface area contributed by atoms with Crippen LogP contribution < -0.4 is 19.3 Å². The van der Waals surface area contributed by atoms with Crippen molar-refractivity contribution in [1.82, 2.24) is 0 Å². The Balaban J connectivity index is 1.95. The van der Waals surface area contributed by atoms with Gasteiger partial charge in [0.25, 0.3) is 11.7 Å². The van der Waals surface area contributed by atoms with E-state index in [0.717, 1.165) is 5.69 Å². The van der Waals surface area contributed by atoms with Crippen molar-refractivity contribution in [3.63, 3.8) is 0 Å². The predicted octanol–water partition coefficient (Wildman–Crippen LogP) is 5.76. The Morgan fingerprint density at radius 2 is 1.71 bits per heavy atom. The molecule has 2 aromatic carbocycles. The third-order valence-electron chi connectivity index (χ3n) is 5.70. The number of aliphatic hydroxyl groups excluding tert-OH is 1. The highest BCUT2D eigenvalue weighted by atomic mass is 35.5. The minimum atomic E-state index is -0.857. The van der Waals surface area contributed by atoms with Gasteiger partial charge in [0.1, 0.15) is 16.8 Å². The number of hydrogen-bond acceptors (Lipinski definition) is 7. The van der Waals surface area contributed by atoms with Gasteiger partial charge in [-0.15, -0.1) is 11.3 Å². The number of nitrogens with zero attached hydrogens (tertiary/aromatic N) is 2. The number of rotatable bonds is 6. The first-order valence-electron chi connectivity index (χ1n) is 10.4. The van der Waals surface area contributed by atoms with E-state index in [1.54, 1.807) is 18.2 Å². The molecule has 1 aromatic heterocycles. The molecule has 2 heterocycles. The molecule has 7 nitrogen and oxygen atoms in total. The fourth-order valence-corrected chi connectivity index (χ4v) is 5.53. The van der Waals surface area contributed by atoms with Gasteiger partial charge in [-0.25, -0.2) is 0 Å². The van der Waals surface area contributed by atoms with Gasteiger partial charge in [0.15, 0.2) is 11.5 Å². The van der Waals surface area contributed by atoms with E-state index in [1.165, 1.54) is 36.5 Å². The van der Waals surface area contributed by atoms with Crippen molar-refractivity contribution in [2.45, 2.75) is 6.04 Å². The Bertz CT molecular complexity index is 1320. The molecule has 1 atom stereocenters. The molecule has 0 bridgehead atoms. The average molecular weight is 533 g/mol. The van der Waals surface area contributed by atoms with Gasteiger partial charge in [0.05, 0.1) is 30.4 Å². The van der Waals surface area contributed by atoms with Gasteiger partial charge >= 0.3 is 0 Å². The van der Waals surface area contributed by atoms with Crippen molar-refractivity contribution in [2.24, 2.45) is 0 Å². The van der Waals surface area contributed by atoms with Crippen LogP contribution in [0, 0.1) is 0 Å². The zero-order valence-electron chi connectivity index (χ0n) is 19.3. The first kappa shape index (κ1) is 24.9. The molecule has 1 fully saturated rings. The van der Waals surface area contributed by atoms with E-state index >= 15 is 0 Å². The second kappa shape index (κ2) is 9.81. The molecule has 1 aliphatic heterocycles. The van der Waals surface area contributed by atoms with E-state index < -0.39 is 23.5 Å². The Morgan fingerprint density at radius 1 is 1.06 bits per heavy atom. The number of thiophene rings is 1. The summed E-state index contributed by atoms with van der Waals surface area (Å²) in [7, 11) is 6.58. The van der Waals surface area contributed by atoms with Crippen molar-refractivity contribution in [1.29, 1.82) is 0 Å². The van der Waals surface area contributed by atoms with Crippen LogP contribution in [0.15, 0.2) is 53.4 Å².